The van der Waals surface area contributed by atoms with E-state index in [0.717, 1.165) is 5.56 Å². The van der Waals surface area contributed by atoms with Crippen molar-refractivity contribution in [2.75, 3.05) is 13.7 Å². The minimum absolute atomic E-state index is 0.137. The van der Waals surface area contributed by atoms with E-state index in [9.17, 15) is 9.59 Å². The summed E-state index contributed by atoms with van der Waals surface area (Å²) in [5.74, 6) is -1.64. The molecule has 0 spiro atoms. The molecule has 6 nitrogen and oxygen atoms in total. The molecule has 0 bridgehead atoms. The SMILES string of the molecule is COC(=O)C1C(C)=NC2=C(C(=O)c3ccccc32)[C@H]1c1ccc(OCC#N)c(Cl)c1. The van der Waals surface area contributed by atoms with Crippen molar-refractivity contribution >= 4 is 34.8 Å². The summed E-state index contributed by atoms with van der Waals surface area (Å²) in [5, 5.41) is 9.01. The van der Waals surface area contributed by atoms with Gasteiger partial charge in [-0.15, -0.1) is 0 Å². The molecule has 0 fully saturated rings. The average molecular weight is 421 g/mol. The summed E-state index contributed by atoms with van der Waals surface area (Å²) < 4.78 is 10.3. The van der Waals surface area contributed by atoms with E-state index in [1.54, 1.807) is 37.3 Å². The first-order valence-corrected chi connectivity index (χ1v) is 9.66. The van der Waals surface area contributed by atoms with Gasteiger partial charge in [-0.25, -0.2) is 0 Å². The fraction of sp³-hybridized carbons (Fsp3) is 0.217. The topological polar surface area (TPSA) is 88.8 Å². The van der Waals surface area contributed by atoms with Gasteiger partial charge in [-0.1, -0.05) is 41.9 Å². The Hall–Kier alpha value is -3.43. The third kappa shape index (κ3) is 3.08. The zero-order valence-corrected chi connectivity index (χ0v) is 17.1. The van der Waals surface area contributed by atoms with E-state index in [1.807, 2.05) is 18.2 Å². The number of carbonyl (C=O) groups excluding carboxylic acids is 2. The predicted molar refractivity (Wildman–Crippen MR) is 112 cm³/mol. The minimum atomic E-state index is -0.756. The number of nitrogens with zero attached hydrogens (tertiary/aromatic N) is 2. The first-order chi connectivity index (χ1) is 14.5. The quantitative estimate of drug-likeness (QED) is 0.691. The van der Waals surface area contributed by atoms with Crippen LogP contribution in [-0.2, 0) is 9.53 Å². The molecule has 0 amide bonds. The lowest BCUT2D eigenvalue weighted by Crippen LogP contribution is -2.34. The van der Waals surface area contributed by atoms with Gasteiger partial charge in [0.15, 0.2) is 12.4 Å². The van der Waals surface area contributed by atoms with Gasteiger partial charge in [0.05, 0.1) is 17.8 Å². The standard InChI is InChI=1S/C23H17ClN2O4/c1-12-18(23(28)29-2)19(13-7-8-17(16(24)11-13)30-10-9-25)20-21(26-12)14-5-3-4-6-15(14)22(20)27/h3-8,11,18-19H,10H2,1-2H3/t18?,19-/m0/s1. The van der Waals surface area contributed by atoms with Crippen LogP contribution >= 0.6 is 11.6 Å². The number of ether oxygens (including phenoxy) is 2. The van der Waals surface area contributed by atoms with E-state index in [0.29, 0.717) is 33.9 Å². The van der Waals surface area contributed by atoms with Gasteiger partial charge in [0.25, 0.3) is 0 Å². The molecule has 2 aromatic carbocycles. The molecule has 150 valence electrons. The molecule has 1 aliphatic heterocycles. The molecule has 0 radical (unpaired) electrons. The highest BCUT2D eigenvalue weighted by molar-refractivity contribution is 6.32. The van der Waals surface area contributed by atoms with Crippen LogP contribution in [0.4, 0.5) is 0 Å². The maximum absolute atomic E-state index is 13.3. The third-order valence-corrected chi connectivity index (χ3v) is 5.67. The Kier molecular flexibility index (Phi) is 5.15. The number of methoxy groups -OCH3 is 1. The van der Waals surface area contributed by atoms with Gasteiger partial charge in [0, 0.05) is 28.3 Å². The summed E-state index contributed by atoms with van der Waals surface area (Å²) in [4.78, 5) is 30.6. The average Bonchev–Trinajstić information content (AvgIpc) is 3.03. The number of nitriles is 1. The van der Waals surface area contributed by atoms with Crippen molar-refractivity contribution in [3.8, 4) is 11.8 Å². The molecular weight excluding hydrogens is 404 g/mol. The number of allylic oxidation sites excluding steroid dienone is 1. The molecule has 2 aliphatic rings. The van der Waals surface area contributed by atoms with E-state index < -0.39 is 17.8 Å². The first kappa shape index (κ1) is 19.9. The molecule has 7 heteroatoms. The van der Waals surface area contributed by atoms with E-state index in [2.05, 4.69) is 4.99 Å². The van der Waals surface area contributed by atoms with Crippen molar-refractivity contribution in [3.05, 3.63) is 69.8 Å². The van der Waals surface area contributed by atoms with E-state index in [-0.39, 0.29) is 17.4 Å². The van der Waals surface area contributed by atoms with Crippen molar-refractivity contribution in [1.29, 1.82) is 5.26 Å². The van der Waals surface area contributed by atoms with Crippen LogP contribution in [0, 0.1) is 17.2 Å². The first-order valence-electron chi connectivity index (χ1n) is 9.28. The van der Waals surface area contributed by atoms with Crippen molar-refractivity contribution in [2.45, 2.75) is 12.8 Å². The van der Waals surface area contributed by atoms with Gasteiger partial charge in [-0.05, 0) is 24.6 Å². The Labute approximate surface area is 178 Å². The van der Waals surface area contributed by atoms with Crippen LogP contribution in [0.25, 0.3) is 5.70 Å². The Morgan fingerprint density at radius 2 is 1.97 bits per heavy atom. The van der Waals surface area contributed by atoms with Crippen molar-refractivity contribution in [1.82, 2.24) is 0 Å². The van der Waals surface area contributed by atoms with Crippen LogP contribution in [0.5, 0.6) is 5.75 Å². The molecule has 1 aliphatic carbocycles. The van der Waals surface area contributed by atoms with Crippen LogP contribution in [0.1, 0.15) is 34.3 Å². The maximum atomic E-state index is 13.3. The lowest BCUT2D eigenvalue weighted by atomic mass is 9.75. The predicted octanol–water partition coefficient (Wildman–Crippen LogP) is 4.20. The van der Waals surface area contributed by atoms with E-state index >= 15 is 0 Å². The molecule has 0 N–H and O–H groups in total. The number of rotatable bonds is 4. The van der Waals surface area contributed by atoms with Gasteiger partial charge in [0.2, 0.25) is 0 Å². The highest BCUT2D eigenvalue weighted by Crippen LogP contribution is 2.48. The Balaban J connectivity index is 1.88. The van der Waals surface area contributed by atoms with Gasteiger partial charge in [-0.2, -0.15) is 5.26 Å². The third-order valence-electron chi connectivity index (χ3n) is 5.37. The molecule has 1 unspecified atom stereocenters. The van der Waals surface area contributed by atoms with Gasteiger partial charge in [0.1, 0.15) is 17.7 Å². The largest absolute Gasteiger partial charge is 0.477 e. The number of benzene rings is 2. The Morgan fingerprint density at radius 3 is 2.63 bits per heavy atom. The fourth-order valence-electron chi connectivity index (χ4n) is 4.08. The minimum Gasteiger partial charge on any atom is -0.477 e. The van der Waals surface area contributed by atoms with Gasteiger partial charge < -0.3 is 9.47 Å². The second-order valence-electron chi connectivity index (χ2n) is 7.01. The molecular formula is C23H17ClN2O4. The van der Waals surface area contributed by atoms with Crippen LogP contribution in [0.15, 0.2) is 53.0 Å². The molecule has 30 heavy (non-hydrogen) atoms. The van der Waals surface area contributed by atoms with Crippen LogP contribution in [0.2, 0.25) is 5.02 Å². The van der Waals surface area contributed by atoms with Crippen molar-refractivity contribution in [3.63, 3.8) is 0 Å². The van der Waals surface area contributed by atoms with Crippen molar-refractivity contribution < 1.29 is 19.1 Å². The second kappa shape index (κ2) is 7.77. The summed E-state index contributed by atoms with van der Waals surface area (Å²) in [5.41, 5.74) is 3.59. The fourth-order valence-corrected chi connectivity index (χ4v) is 4.32. The Bertz CT molecular complexity index is 1180. The highest BCUT2D eigenvalue weighted by Gasteiger charge is 2.46. The highest BCUT2D eigenvalue weighted by atomic mass is 35.5. The summed E-state index contributed by atoms with van der Waals surface area (Å²) in [6.45, 7) is 1.62. The number of halogens is 1. The number of hydrogen-bond acceptors (Lipinski definition) is 6. The molecule has 4 rings (SSSR count). The summed E-state index contributed by atoms with van der Waals surface area (Å²) in [6, 6.07) is 14.2. The summed E-state index contributed by atoms with van der Waals surface area (Å²) >= 11 is 6.37. The monoisotopic (exact) mass is 420 g/mol. The molecule has 2 atom stereocenters. The number of hydrogen-bond donors (Lipinski definition) is 0. The molecule has 1 heterocycles. The second-order valence-corrected chi connectivity index (χ2v) is 7.41. The number of ketones is 1. The normalized spacial score (nSPS) is 19.5. The zero-order chi connectivity index (χ0) is 21.4. The smallest absolute Gasteiger partial charge is 0.315 e. The zero-order valence-electron chi connectivity index (χ0n) is 16.3. The Morgan fingerprint density at radius 1 is 1.23 bits per heavy atom. The lowest BCUT2D eigenvalue weighted by molar-refractivity contribution is -0.143. The summed E-state index contributed by atoms with van der Waals surface area (Å²) in [7, 11) is 1.31. The molecule has 2 aromatic rings. The molecule has 0 saturated heterocycles. The lowest BCUT2D eigenvalue weighted by Gasteiger charge is -2.30. The van der Waals surface area contributed by atoms with Crippen LogP contribution in [-0.4, -0.2) is 31.2 Å². The number of aliphatic imine (C=N–C) groups is 1. The number of fused-ring (bicyclic) bond motifs is 2. The van der Waals surface area contributed by atoms with Gasteiger partial charge >= 0.3 is 5.97 Å². The molecule has 0 saturated carbocycles. The number of esters is 1. The number of carbonyl (C=O) groups is 2. The maximum Gasteiger partial charge on any atom is 0.315 e. The van der Waals surface area contributed by atoms with E-state index in [1.165, 1.54) is 7.11 Å². The van der Waals surface area contributed by atoms with Crippen LogP contribution in [0.3, 0.4) is 0 Å². The van der Waals surface area contributed by atoms with Crippen molar-refractivity contribution in [2.24, 2.45) is 10.9 Å². The van der Waals surface area contributed by atoms with Crippen LogP contribution < -0.4 is 4.74 Å². The van der Waals surface area contributed by atoms with E-state index in [4.69, 9.17) is 26.3 Å². The number of Topliss-reactive ketones (excluding diaryl/α,β-unsaturated/α-hetero) is 1. The summed E-state index contributed by atoms with van der Waals surface area (Å²) in [6.07, 6.45) is 0. The molecule has 0 aromatic heterocycles. The van der Waals surface area contributed by atoms with Gasteiger partial charge in [-0.3, -0.25) is 14.6 Å².